The third-order valence-corrected chi connectivity index (χ3v) is 6.32. The second-order valence-electron chi connectivity index (χ2n) is 6.28. The first-order valence-corrected chi connectivity index (χ1v) is 8.59. The largest absolute Gasteiger partial charge is 0.312 e. The maximum Gasteiger partial charge on any atom is 0.0414 e. The average molecular weight is 286 g/mol. The van der Waals surface area contributed by atoms with E-state index in [0.717, 1.165) is 12.0 Å². The van der Waals surface area contributed by atoms with E-state index in [2.05, 4.69) is 47.5 Å². The molecule has 2 aliphatic rings. The summed E-state index contributed by atoms with van der Waals surface area (Å²) in [5, 5.41) is 5.10. The van der Waals surface area contributed by atoms with Crippen LogP contribution in [0.15, 0.2) is 30.3 Å². The van der Waals surface area contributed by atoms with Crippen molar-refractivity contribution in [3.8, 4) is 0 Å². The Morgan fingerprint density at radius 3 is 3.05 bits per heavy atom. The Bertz CT molecular complexity index is 559. The molecule has 4 rings (SSSR count). The van der Waals surface area contributed by atoms with Crippen LogP contribution in [-0.4, -0.2) is 30.6 Å². The highest BCUT2D eigenvalue weighted by atomic mass is 32.1. The first-order valence-electron chi connectivity index (χ1n) is 7.77. The molecule has 3 heterocycles. The van der Waals surface area contributed by atoms with Gasteiger partial charge in [0.05, 0.1) is 0 Å². The number of hydrogen-bond acceptors (Lipinski definition) is 3. The minimum absolute atomic E-state index is 0.555. The molecule has 0 bridgehead atoms. The van der Waals surface area contributed by atoms with Gasteiger partial charge in [0.1, 0.15) is 0 Å². The Labute approximate surface area is 124 Å². The van der Waals surface area contributed by atoms with Gasteiger partial charge in [-0.2, -0.15) is 0 Å². The van der Waals surface area contributed by atoms with Crippen LogP contribution in [0.2, 0.25) is 0 Å². The Morgan fingerprint density at radius 1 is 1.30 bits per heavy atom. The topological polar surface area (TPSA) is 15.3 Å². The fourth-order valence-electron chi connectivity index (χ4n) is 3.78. The van der Waals surface area contributed by atoms with Gasteiger partial charge in [0, 0.05) is 34.8 Å². The molecule has 106 valence electrons. The molecule has 1 aromatic carbocycles. The van der Waals surface area contributed by atoms with E-state index in [-0.39, 0.29) is 0 Å². The lowest BCUT2D eigenvalue weighted by molar-refractivity contribution is 0.254. The van der Waals surface area contributed by atoms with Crippen molar-refractivity contribution in [2.75, 3.05) is 19.6 Å². The number of fused-ring (bicyclic) bond motifs is 2. The molecule has 2 aromatic rings. The molecule has 0 saturated carbocycles. The highest BCUT2D eigenvalue weighted by molar-refractivity contribution is 7.19. The summed E-state index contributed by atoms with van der Waals surface area (Å²) in [7, 11) is 0. The monoisotopic (exact) mass is 286 g/mol. The van der Waals surface area contributed by atoms with Crippen LogP contribution < -0.4 is 5.32 Å². The first kappa shape index (κ1) is 12.8. The van der Waals surface area contributed by atoms with E-state index in [4.69, 9.17) is 0 Å². The van der Waals surface area contributed by atoms with Crippen molar-refractivity contribution in [2.45, 2.75) is 31.8 Å². The van der Waals surface area contributed by atoms with Gasteiger partial charge in [-0.3, -0.25) is 4.90 Å². The van der Waals surface area contributed by atoms with E-state index >= 15 is 0 Å². The lowest BCUT2D eigenvalue weighted by Crippen LogP contribution is -2.40. The highest BCUT2D eigenvalue weighted by Crippen LogP contribution is 2.36. The fraction of sp³-hybridized carbons (Fsp3) is 0.529. The molecule has 1 N–H and O–H groups in total. The molecule has 3 atom stereocenters. The van der Waals surface area contributed by atoms with Crippen molar-refractivity contribution < 1.29 is 0 Å². The lowest BCUT2D eigenvalue weighted by Gasteiger charge is -2.25. The van der Waals surface area contributed by atoms with Crippen molar-refractivity contribution in [2.24, 2.45) is 5.92 Å². The van der Waals surface area contributed by atoms with Gasteiger partial charge < -0.3 is 5.32 Å². The second kappa shape index (κ2) is 5.14. The summed E-state index contributed by atoms with van der Waals surface area (Å²) < 4.78 is 1.42. The molecule has 20 heavy (non-hydrogen) atoms. The van der Waals surface area contributed by atoms with Crippen LogP contribution in [0.3, 0.4) is 0 Å². The van der Waals surface area contributed by atoms with Gasteiger partial charge in [-0.25, -0.2) is 0 Å². The second-order valence-corrected chi connectivity index (χ2v) is 7.39. The molecule has 3 heteroatoms. The fourth-order valence-corrected chi connectivity index (χ4v) is 4.94. The number of hydrogen-bond donors (Lipinski definition) is 1. The third kappa shape index (κ3) is 2.18. The zero-order chi connectivity index (χ0) is 13.5. The van der Waals surface area contributed by atoms with Crippen LogP contribution in [0.4, 0.5) is 0 Å². The Morgan fingerprint density at radius 2 is 2.20 bits per heavy atom. The normalized spacial score (nSPS) is 28.6. The molecular weight excluding hydrogens is 264 g/mol. The maximum atomic E-state index is 3.71. The van der Waals surface area contributed by atoms with E-state index in [1.165, 1.54) is 47.4 Å². The predicted molar refractivity (Wildman–Crippen MR) is 86.3 cm³/mol. The van der Waals surface area contributed by atoms with Crippen molar-refractivity contribution in [1.82, 2.24) is 10.2 Å². The van der Waals surface area contributed by atoms with Crippen molar-refractivity contribution in [3.05, 3.63) is 35.2 Å². The SMILES string of the molecule is CC(c1cc2ccccc2s1)N1C[C@@H]2CCCN[C@@H]2C1. The van der Waals surface area contributed by atoms with E-state index in [9.17, 15) is 0 Å². The maximum absolute atomic E-state index is 3.71. The van der Waals surface area contributed by atoms with E-state index < -0.39 is 0 Å². The number of piperidine rings is 1. The van der Waals surface area contributed by atoms with Crippen LogP contribution in [0.25, 0.3) is 10.1 Å². The molecule has 0 amide bonds. The smallest absolute Gasteiger partial charge is 0.0414 e. The van der Waals surface area contributed by atoms with Crippen LogP contribution in [0.5, 0.6) is 0 Å². The van der Waals surface area contributed by atoms with E-state index in [1.807, 2.05) is 11.3 Å². The molecule has 0 radical (unpaired) electrons. The summed E-state index contributed by atoms with van der Waals surface area (Å²) >= 11 is 1.96. The number of nitrogens with one attached hydrogen (secondary N) is 1. The van der Waals surface area contributed by atoms with Gasteiger partial charge in [0.15, 0.2) is 0 Å². The minimum atomic E-state index is 0.555. The zero-order valence-electron chi connectivity index (χ0n) is 12.0. The number of benzene rings is 1. The molecule has 1 aromatic heterocycles. The lowest BCUT2D eigenvalue weighted by atomic mass is 9.94. The van der Waals surface area contributed by atoms with Crippen molar-refractivity contribution >= 4 is 21.4 Å². The molecule has 0 aliphatic carbocycles. The minimum Gasteiger partial charge on any atom is -0.312 e. The van der Waals surface area contributed by atoms with Gasteiger partial charge in [-0.1, -0.05) is 18.2 Å². The van der Waals surface area contributed by atoms with Gasteiger partial charge in [0.2, 0.25) is 0 Å². The predicted octanol–water partition coefficient (Wildman–Crippen LogP) is 3.65. The molecular formula is C17H22N2S. The van der Waals surface area contributed by atoms with Crippen LogP contribution in [-0.2, 0) is 0 Å². The summed E-state index contributed by atoms with van der Waals surface area (Å²) in [6, 6.07) is 12.4. The van der Waals surface area contributed by atoms with Gasteiger partial charge in [0.25, 0.3) is 0 Å². The van der Waals surface area contributed by atoms with Gasteiger partial charge >= 0.3 is 0 Å². The number of likely N-dealkylation sites (tertiary alicyclic amines) is 1. The standard InChI is InChI=1S/C17H22N2S/c1-12(17-9-13-5-2-3-7-16(13)20-17)19-10-14-6-4-8-18-15(14)11-19/h2-3,5,7,9,12,14-15,18H,4,6,8,10-11H2,1H3/t12?,14-,15+/m0/s1. The summed E-state index contributed by atoms with van der Waals surface area (Å²) in [4.78, 5) is 4.20. The summed E-state index contributed by atoms with van der Waals surface area (Å²) in [6.45, 7) is 6.08. The first-order chi connectivity index (χ1) is 9.81. The van der Waals surface area contributed by atoms with Crippen molar-refractivity contribution in [3.63, 3.8) is 0 Å². The third-order valence-electron chi connectivity index (χ3n) is 5.03. The van der Waals surface area contributed by atoms with Crippen LogP contribution >= 0.6 is 11.3 Å². The Balaban J connectivity index is 1.56. The zero-order valence-corrected chi connectivity index (χ0v) is 12.8. The number of nitrogens with zero attached hydrogens (tertiary/aromatic N) is 1. The molecule has 2 nitrogen and oxygen atoms in total. The molecule has 1 unspecified atom stereocenters. The molecule has 0 spiro atoms. The quantitative estimate of drug-likeness (QED) is 0.906. The van der Waals surface area contributed by atoms with E-state index in [1.54, 1.807) is 0 Å². The summed E-state index contributed by atoms with van der Waals surface area (Å²) in [5.41, 5.74) is 0. The summed E-state index contributed by atoms with van der Waals surface area (Å²) in [6.07, 6.45) is 2.76. The summed E-state index contributed by atoms with van der Waals surface area (Å²) in [5.74, 6) is 0.876. The van der Waals surface area contributed by atoms with Crippen LogP contribution in [0.1, 0.15) is 30.7 Å². The Hall–Kier alpha value is -0.900. The molecule has 2 saturated heterocycles. The highest BCUT2D eigenvalue weighted by Gasteiger charge is 2.36. The van der Waals surface area contributed by atoms with Gasteiger partial charge in [-0.15, -0.1) is 11.3 Å². The van der Waals surface area contributed by atoms with Gasteiger partial charge in [-0.05, 0) is 49.7 Å². The average Bonchev–Trinajstić information content (AvgIpc) is 3.10. The van der Waals surface area contributed by atoms with Crippen LogP contribution in [0, 0.1) is 5.92 Å². The Kier molecular flexibility index (Phi) is 3.29. The number of rotatable bonds is 2. The molecule has 2 aliphatic heterocycles. The number of thiophene rings is 1. The van der Waals surface area contributed by atoms with E-state index in [0.29, 0.717) is 6.04 Å². The van der Waals surface area contributed by atoms with Crippen molar-refractivity contribution in [1.29, 1.82) is 0 Å². The molecule has 2 fully saturated rings.